The lowest BCUT2D eigenvalue weighted by Gasteiger charge is -2.07. The van der Waals surface area contributed by atoms with Gasteiger partial charge in [0.2, 0.25) is 0 Å². The van der Waals surface area contributed by atoms with E-state index in [9.17, 15) is 27.2 Å². The topological polar surface area (TPSA) is 84.0 Å². The molecule has 0 aliphatic rings. The van der Waals surface area contributed by atoms with Crippen molar-refractivity contribution in [3.8, 4) is 0 Å². The number of nitrogens with zero attached hydrogens (tertiary/aromatic N) is 2. The minimum Gasteiger partial charge on any atom is -0.350 e. The Hall–Kier alpha value is -3.34. The fourth-order valence-corrected chi connectivity index (χ4v) is 3.27. The number of rotatable bonds is 7. The van der Waals surface area contributed by atoms with E-state index in [2.05, 4.69) is 20.6 Å². The normalized spacial score (nSPS) is 11.2. The Morgan fingerprint density at radius 3 is 2.48 bits per heavy atom. The zero-order chi connectivity index (χ0) is 22.4. The van der Waals surface area contributed by atoms with Crippen LogP contribution in [0.25, 0.3) is 0 Å². The summed E-state index contributed by atoms with van der Waals surface area (Å²) in [6.07, 6.45) is -3.41. The molecule has 0 fully saturated rings. The summed E-state index contributed by atoms with van der Waals surface area (Å²) in [5.74, 6) is -1.39. The summed E-state index contributed by atoms with van der Waals surface area (Å²) in [5, 5.41) is 7.11. The summed E-state index contributed by atoms with van der Waals surface area (Å²) in [6.45, 7) is 0.220. The quantitative estimate of drug-likeness (QED) is 0.537. The van der Waals surface area contributed by atoms with Gasteiger partial charge in [-0.1, -0.05) is 18.2 Å². The maximum Gasteiger partial charge on any atom is 0.433 e. The van der Waals surface area contributed by atoms with E-state index in [1.54, 1.807) is 18.2 Å². The molecule has 3 rings (SSSR count). The first-order valence-corrected chi connectivity index (χ1v) is 9.89. The van der Waals surface area contributed by atoms with Crippen LogP contribution in [-0.4, -0.2) is 28.3 Å². The summed E-state index contributed by atoms with van der Waals surface area (Å²) in [6, 6.07) is 8.03. The third-order valence-electron chi connectivity index (χ3n) is 4.14. The molecule has 2 N–H and O–H groups in total. The monoisotopic (exact) mass is 452 g/mol. The molecule has 0 aliphatic heterocycles. The maximum absolute atomic E-state index is 13.6. The highest BCUT2D eigenvalue weighted by Gasteiger charge is 2.32. The molecule has 2 amide bonds. The van der Waals surface area contributed by atoms with Crippen LogP contribution in [0.5, 0.6) is 0 Å². The second kappa shape index (κ2) is 9.65. The second-order valence-corrected chi connectivity index (χ2v) is 7.28. The molecule has 0 bridgehead atoms. The van der Waals surface area contributed by atoms with Gasteiger partial charge in [-0.2, -0.15) is 13.2 Å². The van der Waals surface area contributed by atoms with Gasteiger partial charge in [-0.05, 0) is 30.2 Å². The molecule has 0 unspecified atom stereocenters. The Morgan fingerprint density at radius 2 is 1.81 bits per heavy atom. The highest BCUT2D eigenvalue weighted by Crippen LogP contribution is 2.27. The smallest absolute Gasteiger partial charge is 0.350 e. The molecule has 2 heterocycles. The molecule has 1 aromatic carbocycles. The number of hydrogen-bond donors (Lipinski definition) is 2. The van der Waals surface area contributed by atoms with Crippen LogP contribution in [0, 0.1) is 5.82 Å². The second-order valence-electron chi connectivity index (χ2n) is 6.34. The van der Waals surface area contributed by atoms with Crippen LogP contribution in [0.15, 0.2) is 48.0 Å². The highest BCUT2D eigenvalue weighted by molar-refractivity contribution is 7.09. The van der Waals surface area contributed by atoms with Crippen LogP contribution < -0.4 is 10.6 Å². The Balaban J connectivity index is 1.48. The number of carbonyl (C=O) groups excluding carboxylic acids is 2. The van der Waals surface area contributed by atoms with Crippen molar-refractivity contribution in [2.75, 3.05) is 6.54 Å². The Morgan fingerprint density at radius 1 is 1.03 bits per heavy atom. The van der Waals surface area contributed by atoms with Crippen molar-refractivity contribution in [3.05, 3.63) is 81.3 Å². The van der Waals surface area contributed by atoms with E-state index in [1.165, 1.54) is 11.4 Å². The van der Waals surface area contributed by atoms with Crippen molar-refractivity contribution < 1.29 is 27.2 Å². The van der Waals surface area contributed by atoms with Crippen LogP contribution in [-0.2, 0) is 19.1 Å². The van der Waals surface area contributed by atoms with Crippen molar-refractivity contribution in [2.24, 2.45) is 0 Å². The van der Waals surface area contributed by atoms with E-state index >= 15 is 0 Å². The molecular formula is C20H16F4N4O2S. The van der Waals surface area contributed by atoms with Gasteiger partial charge in [0.25, 0.3) is 11.8 Å². The van der Waals surface area contributed by atoms with Crippen LogP contribution in [0.2, 0.25) is 0 Å². The van der Waals surface area contributed by atoms with Gasteiger partial charge < -0.3 is 10.6 Å². The Labute approximate surface area is 178 Å². The lowest BCUT2D eigenvalue weighted by Crippen LogP contribution is -2.26. The zero-order valence-corrected chi connectivity index (χ0v) is 16.7. The molecule has 0 radical (unpaired) electrons. The number of aromatic nitrogens is 2. The minimum atomic E-state index is -4.58. The summed E-state index contributed by atoms with van der Waals surface area (Å²) in [4.78, 5) is 31.6. The van der Waals surface area contributed by atoms with Crippen molar-refractivity contribution in [3.63, 3.8) is 0 Å². The summed E-state index contributed by atoms with van der Waals surface area (Å²) in [7, 11) is 0. The number of amides is 2. The standard InChI is InChI=1S/C20H16F4N4O2S/c21-14-4-2-1-3-12(14)7-8-25-19(30)15-11-31-17(28-15)10-27-18(29)13-5-6-16(26-9-13)20(22,23)24/h1-6,9,11H,7-8,10H2,(H,25,30)(H,27,29). The summed E-state index contributed by atoms with van der Waals surface area (Å²) in [5.41, 5.74) is -0.480. The lowest BCUT2D eigenvalue weighted by molar-refractivity contribution is -0.141. The first kappa shape index (κ1) is 22.3. The third kappa shape index (κ3) is 6.07. The lowest BCUT2D eigenvalue weighted by atomic mass is 10.1. The molecule has 0 saturated heterocycles. The van der Waals surface area contributed by atoms with Crippen LogP contribution in [0.4, 0.5) is 17.6 Å². The van der Waals surface area contributed by atoms with E-state index in [0.717, 1.165) is 29.7 Å². The van der Waals surface area contributed by atoms with Crippen LogP contribution >= 0.6 is 11.3 Å². The van der Waals surface area contributed by atoms with E-state index in [-0.39, 0.29) is 30.2 Å². The molecule has 31 heavy (non-hydrogen) atoms. The Bertz CT molecular complexity index is 1070. The molecule has 11 heteroatoms. The number of thiazole rings is 1. The number of hydrogen-bond acceptors (Lipinski definition) is 5. The molecule has 0 spiro atoms. The van der Waals surface area contributed by atoms with E-state index < -0.39 is 23.7 Å². The zero-order valence-electron chi connectivity index (χ0n) is 15.9. The van der Waals surface area contributed by atoms with Gasteiger partial charge >= 0.3 is 6.18 Å². The first-order chi connectivity index (χ1) is 14.7. The van der Waals surface area contributed by atoms with Crippen molar-refractivity contribution in [1.82, 2.24) is 20.6 Å². The fourth-order valence-electron chi connectivity index (χ4n) is 2.55. The number of alkyl halides is 3. The number of carbonyl (C=O) groups is 2. The first-order valence-electron chi connectivity index (χ1n) is 9.01. The van der Waals surface area contributed by atoms with Crippen molar-refractivity contribution in [2.45, 2.75) is 19.1 Å². The average Bonchev–Trinajstić information content (AvgIpc) is 3.22. The van der Waals surface area contributed by atoms with Crippen molar-refractivity contribution >= 4 is 23.2 Å². The molecule has 6 nitrogen and oxygen atoms in total. The number of benzene rings is 1. The van der Waals surface area contributed by atoms with Gasteiger partial charge in [-0.25, -0.2) is 9.37 Å². The number of pyridine rings is 1. The molecule has 0 saturated carbocycles. The number of nitrogens with one attached hydrogen (secondary N) is 2. The molecule has 2 aromatic heterocycles. The predicted molar refractivity (Wildman–Crippen MR) is 105 cm³/mol. The van der Waals surface area contributed by atoms with Gasteiger partial charge in [0.15, 0.2) is 0 Å². The third-order valence-corrected chi connectivity index (χ3v) is 4.99. The van der Waals surface area contributed by atoms with Gasteiger partial charge in [-0.3, -0.25) is 14.6 Å². The number of halogens is 4. The molecule has 0 aliphatic carbocycles. The molecule has 162 valence electrons. The molecular weight excluding hydrogens is 436 g/mol. The van der Waals surface area contributed by atoms with E-state index in [1.807, 2.05) is 0 Å². The van der Waals surface area contributed by atoms with E-state index in [0.29, 0.717) is 17.0 Å². The summed E-state index contributed by atoms with van der Waals surface area (Å²) >= 11 is 1.14. The van der Waals surface area contributed by atoms with Crippen LogP contribution in [0.1, 0.15) is 37.1 Å². The summed E-state index contributed by atoms with van der Waals surface area (Å²) < 4.78 is 51.1. The molecule has 0 atom stereocenters. The molecule has 3 aromatic rings. The van der Waals surface area contributed by atoms with E-state index in [4.69, 9.17) is 0 Å². The Kier molecular flexibility index (Phi) is 6.95. The van der Waals surface area contributed by atoms with Crippen molar-refractivity contribution in [1.29, 1.82) is 0 Å². The van der Waals surface area contributed by atoms with Crippen LogP contribution in [0.3, 0.4) is 0 Å². The van der Waals surface area contributed by atoms with Gasteiger partial charge in [0, 0.05) is 18.1 Å². The SMILES string of the molecule is O=C(NCc1nc(C(=O)NCCc2ccccc2F)cs1)c1ccc(C(F)(F)F)nc1. The minimum absolute atomic E-state index is 0.00692. The highest BCUT2D eigenvalue weighted by atomic mass is 32.1. The van der Waals surface area contributed by atoms with Gasteiger partial charge in [0.05, 0.1) is 12.1 Å². The largest absolute Gasteiger partial charge is 0.433 e. The predicted octanol–water partition coefficient (Wildman–Crippen LogP) is 3.60. The van der Waals surface area contributed by atoms with Gasteiger partial charge in [-0.15, -0.1) is 11.3 Å². The maximum atomic E-state index is 13.6. The fraction of sp³-hybridized carbons (Fsp3) is 0.200. The van der Waals surface area contributed by atoms with Gasteiger partial charge in [0.1, 0.15) is 22.2 Å². The average molecular weight is 452 g/mol.